The van der Waals surface area contributed by atoms with E-state index in [1.165, 1.54) is 18.3 Å². The van der Waals surface area contributed by atoms with Gasteiger partial charge in [-0.3, -0.25) is 4.79 Å². The molecular weight excluding hydrogens is 331 g/mol. The molecule has 1 aliphatic rings. The first-order valence-corrected chi connectivity index (χ1v) is 8.30. The van der Waals surface area contributed by atoms with Gasteiger partial charge in [0.1, 0.15) is 5.82 Å². The minimum Gasteiger partial charge on any atom is -0.368 e. The maximum absolute atomic E-state index is 14.0. The van der Waals surface area contributed by atoms with Gasteiger partial charge in [0.25, 0.3) is 5.91 Å². The summed E-state index contributed by atoms with van der Waals surface area (Å²) in [6.45, 7) is 1.98. The number of nitrogens with two attached hydrogens (primary N) is 1. The molecule has 5 nitrogen and oxygen atoms in total. The minimum atomic E-state index is -0.320. The standard InChI is InChI=1S/C20H17FN4O/c1-11-4-2-3-5-13(11)15-8-12(21)6-7-14(15)17-9-18-16(19(26)24-17)10-23-20(22)25-18/h2-8,10,17H,9H2,1H3,(H,24,26)(H2,22,23,25). The molecule has 0 bridgehead atoms. The smallest absolute Gasteiger partial charge is 0.255 e. The Morgan fingerprint density at radius 1 is 1.15 bits per heavy atom. The second-order valence-electron chi connectivity index (χ2n) is 6.37. The number of rotatable bonds is 2. The largest absolute Gasteiger partial charge is 0.368 e. The average Bonchev–Trinajstić information content (AvgIpc) is 2.61. The van der Waals surface area contributed by atoms with Crippen LogP contribution in [0, 0.1) is 12.7 Å². The maximum Gasteiger partial charge on any atom is 0.255 e. The summed E-state index contributed by atoms with van der Waals surface area (Å²) in [5.74, 6) is -0.437. The van der Waals surface area contributed by atoms with E-state index < -0.39 is 0 Å². The molecule has 0 saturated carbocycles. The second-order valence-corrected chi connectivity index (χ2v) is 6.37. The molecule has 3 N–H and O–H groups in total. The summed E-state index contributed by atoms with van der Waals surface area (Å²) < 4.78 is 14.0. The van der Waals surface area contributed by atoms with Crippen LogP contribution in [0.15, 0.2) is 48.7 Å². The normalized spacial score (nSPS) is 16.1. The van der Waals surface area contributed by atoms with Crippen LogP contribution in [-0.2, 0) is 6.42 Å². The van der Waals surface area contributed by atoms with Gasteiger partial charge in [0.05, 0.1) is 17.3 Å². The maximum atomic E-state index is 14.0. The van der Waals surface area contributed by atoms with E-state index in [1.54, 1.807) is 6.07 Å². The predicted molar refractivity (Wildman–Crippen MR) is 96.9 cm³/mol. The van der Waals surface area contributed by atoms with Crippen LogP contribution in [0.25, 0.3) is 11.1 Å². The highest BCUT2D eigenvalue weighted by Crippen LogP contribution is 2.34. The molecule has 1 aromatic heterocycles. The van der Waals surface area contributed by atoms with Crippen molar-refractivity contribution in [1.29, 1.82) is 0 Å². The molecule has 1 atom stereocenters. The van der Waals surface area contributed by atoms with Crippen LogP contribution >= 0.6 is 0 Å². The average molecular weight is 348 g/mol. The van der Waals surface area contributed by atoms with Crippen LogP contribution in [0.1, 0.15) is 33.2 Å². The third-order valence-corrected chi connectivity index (χ3v) is 4.66. The van der Waals surface area contributed by atoms with E-state index >= 15 is 0 Å². The van der Waals surface area contributed by atoms with Crippen molar-refractivity contribution >= 4 is 11.9 Å². The summed E-state index contributed by atoms with van der Waals surface area (Å²) in [5.41, 5.74) is 10.3. The van der Waals surface area contributed by atoms with Gasteiger partial charge in [0.15, 0.2) is 0 Å². The molecule has 0 aliphatic carbocycles. The molecule has 0 fully saturated rings. The first-order valence-electron chi connectivity index (χ1n) is 8.30. The van der Waals surface area contributed by atoms with E-state index in [0.717, 1.165) is 22.3 Å². The van der Waals surface area contributed by atoms with Gasteiger partial charge in [0.2, 0.25) is 5.95 Å². The van der Waals surface area contributed by atoms with Crippen molar-refractivity contribution < 1.29 is 9.18 Å². The summed E-state index contributed by atoms with van der Waals surface area (Å²) in [7, 11) is 0. The van der Waals surface area contributed by atoms with Crippen molar-refractivity contribution in [3.8, 4) is 11.1 Å². The number of fused-ring (bicyclic) bond motifs is 1. The van der Waals surface area contributed by atoms with E-state index in [2.05, 4.69) is 15.3 Å². The van der Waals surface area contributed by atoms with Crippen LogP contribution in [0.2, 0.25) is 0 Å². The van der Waals surface area contributed by atoms with E-state index in [4.69, 9.17) is 5.73 Å². The topological polar surface area (TPSA) is 80.9 Å². The Hall–Kier alpha value is -3.28. The number of hydrogen-bond donors (Lipinski definition) is 2. The van der Waals surface area contributed by atoms with Crippen molar-refractivity contribution in [2.75, 3.05) is 5.73 Å². The van der Waals surface area contributed by atoms with E-state index in [-0.39, 0.29) is 23.7 Å². The van der Waals surface area contributed by atoms with Crippen molar-refractivity contribution in [3.63, 3.8) is 0 Å². The summed E-state index contributed by atoms with van der Waals surface area (Å²) in [6.07, 6.45) is 1.91. The van der Waals surface area contributed by atoms with Gasteiger partial charge in [-0.15, -0.1) is 0 Å². The molecule has 0 spiro atoms. The van der Waals surface area contributed by atoms with Crippen LogP contribution in [-0.4, -0.2) is 15.9 Å². The fraction of sp³-hybridized carbons (Fsp3) is 0.150. The lowest BCUT2D eigenvalue weighted by molar-refractivity contribution is 0.0923. The third-order valence-electron chi connectivity index (χ3n) is 4.66. The quantitative estimate of drug-likeness (QED) is 0.745. The van der Waals surface area contributed by atoms with Gasteiger partial charge in [-0.1, -0.05) is 30.3 Å². The molecule has 1 unspecified atom stereocenters. The molecule has 26 heavy (non-hydrogen) atoms. The lowest BCUT2D eigenvalue weighted by Gasteiger charge is -2.27. The number of nitrogens with one attached hydrogen (secondary N) is 1. The van der Waals surface area contributed by atoms with Gasteiger partial charge in [-0.2, -0.15) is 0 Å². The van der Waals surface area contributed by atoms with Gasteiger partial charge in [-0.05, 0) is 41.3 Å². The zero-order valence-corrected chi connectivity index (χ0v) is 14.2. The van der Waals surface area contributed by atoms with Crippen molar-refractivity contribution in [2.24, 2.45) is 0 Å². The Kier molecular flexibility index (Phi) is 3.88. The van der Waals surface area contributed by atoms with Crippen molar-refractivity contribution in [2.45, 2.75) is 19.4 Å². The van der Waals surface area contributed by atoms with Crippen LogP contribution in [0.4, 0.5) is 10.3 Å². The van der Waals surface area contributed by atoms with Gasteiger partial charge in [-0.25, -0.2) is 14.4 Å². The highest BCUT2D eigenvalue weighted by molar-refractivity contribution is 5.96. The number of nitrogens with zero attached hydrogens (tertiary/aromatic N) is 2. The SMILES string of the molecule is Cc1ccccc1-c1cc(F)ccc1C1Cc2nc(N)ncc2C(=O)N1. The molecule has 3 aromatic rings. The van der Waals surface area contributed by atoms with Crippen LogP contribution < -0.4 is 11.1 Å². The summed E-state index contributed by atoms with van der Waals surface area (Å²) in [5, 5.41) is 2.98. The lowest BCUT2D eigenvalue weighted by atomic mass is 9.88. The first-order chi connectivity index (χ1) is 12.5. The molecule has 4 rings (SSSR count). The lowest BCUT2D eigenvalue weighted by Crippen LogP contribution is -2.36. The number of aromatic nitrogens is 2. The number of amides is 1. The number of benzene rings is 2. The van der Waals surface area contributed by atoms with E-state index in [1.807, 2.05) is 31.2 Å². The number of nitrogen functional groups attached to an aromatic ring is 1. The molecule has 0 saturated heterocycles. The molecule has 130 valence electrons. The summed E-state index contributed by atoms with van der Waals surface area (Å²) >= 11 is 0. The number of carbonyl (C=O) groups excluding carboxylic acids is 1. The summed E-state index contributed by atoms with van der Waals surface area (Å²) in [6, 6.07) is 12.1. The van der Waals surface area contributed by atoms with Gasteiger partial charge < -0.3 is 11.1 Å². The van der Waals surface area contributed by atoms with Crippen LogP contribution in [0.3, 0.4) is 0 Å². The predicted octanol–water partition coefficient (Wildman–Crippen LogP) is 3.20. The molecular formula is C20H17FN4O. The number of hydrogen-bond acceptors (Lipinski definition) is 4. The molecule has 2 heterocycles. The number of halogens is 1. The zero-order chi connectivity index (χ0) is 18.3. The zero-order valence-electron chi connectivity index (χ0n) is 14.2. The Balaban J connectivity index is 1.82. The minimum absolute atomic E-state index is 0.135. The Bertz CT molecular complexity index is 1020. The van der Waals surface area contributed by atoms with Crippen molar-refractivity contribution in [1.82, 2.24) is 15.3 Å². The number of carbonyl (C=O) groups is 1. The highest BCUT2D eigenvalue weighted by Gasteiger charge is 2.29. The molecule has 0 radical (unpaired) electrons. The Morgan fingerprint density at radius 2 is 1.96 bits per heavy atom. The summed E-state index contributed by atoms with van der Waals surface area (Å²) in [4.78, 5) is 20.6. The van der Waals surface area contributed by atoms with E-state index in [0.29, 0.717) is 17.7 Å². The van der Waals surface area contributed by atoms with E-state index in [9.17, 15) is 9.18 Å². The third kappa shape index (κ3) is 2.79. The Morgan fingerprint density at radius 3 is 2.77 bits per heavy atom. The van der Waals surface area contributed by atoms with Crippen LogP contribution in [0.5, 0.6) is 0 Å². The molecule has 2 aromatic carbocycles. The van der Waals surface area contributed by atoms with Gasteiger partial charge >= 0.3 is 0 Å². The molecule has 1 aliphatic heterocycles. The highest BCUT2D eigenvalue weighted by atomic mass is 19.1. The molecule has 1 amide bonds. The molecule has 6 heteroatoms. The Labute approximate surface area is 150 Å². The second kappa shape index (κ2) is 6.22. The monoisotopic (exact) mass is 348 g/mol. The number of aryl methyl sites for hydroxylation is 1. The first kappa shape index (κ1) is 16.2. The van der Waals surface area contributed by atoms with Gasteiger partial charge in [0, 0.05) is 12.6 Å². The number of anilines is 1. The fourth-order valence-corrected chi connectivity index (χ4v) is 3.39. The fourth-order valence-electron chi connectivity index (χ4n) is 3.39. The van der Waals surface area contributed by atoms with Crippen molar-refractivity contribution in [3.05, 3.63) is 76.9 Å².